The average Bonchev–Trinajstić information content (AvgIpc) is 2.70. The van der Waals surface area contributed by atoms with Crippen molar-refractivity contribution in [2.75, 3.05) is 6.61 Å². The Bertz CT molecular complexity index is 1140. The van der Waals surface area contributed by atoms with Gasteiger partial charge in [-0.3, -0.25) is 4.79 Å². The van der Waals surface area contributed by atoms with Gasteiger partial charge in [-0.1, -0.05) is 0 Å². The second-order valence-electron chi connectivity index (χ2n) is 7.19. The van der Waals surface area contributed by atoms with Crippen LogP contribution >= 0.6 is 0 Å². The first kappa shape index (κ1) is 20.2. The van der Waals surface area contributed by atoms with Crippen LogP contribution in [0.25, 0.3) is 22.3 Å². The van der Waals surface area contributed by atoms with E-state index < -0.39 is 48.0 Å². The fourth-order valence-electron chi connectivity index (χ4n) is 3.69. The van der Waals surface area contributed by atoms with Crippen LogP contribution in [0, 0.1) is 0 Å². The highest BCUT2D eigenvalue weighted by molar-refractivity contribution is 5.89. The molecule has 30 heavy (non-hydrogen) atoms. The molecule has 9 heteroatoms. The zero-order valence-electron chi connectivity index (χ0n) is 15.6. The number of phenolic OH excluding ortho intramolecular Hbond substituents is 3. The van der Waals surface area contributed by atoms with E-state index in [4.69, 9.17) is 9.15 Å². The number of hydrogen-bond acceptors (Lipinski definition) is 9. The van der Waals surface area contributed by atoms with Crippen LogP contribution < -0.4 is 5.43 Å². The zero-order valence-corrected chi connectivity index (χ0v) is 15.6. The predicted octanol–water partition coefficient (Wildman–Crippen LogP) is 1.12. The van der Waals surface area contributed by atoms with Gasteiger partial charge in [0.1, 0.15) is 40.6 Å². The molecule has 6 N–H and O–H groups in total. The molecule has 1 aliphatic heterocycles. The van der Waals surface area contributed by atoms with Crippen molar-refractivity contribution in [2.45, 2.75) is 30.8 Å². The number of fused-ring (bicyclic) bond motifs is 1. The summed E-state index contributed by atoms with van der Waals surface area (Å²) in [5.41, 5.74) is -0.250. The summed E-state index contributed by atoms with van der Waals surface area (Å²) in [5, 5.41) is 59.6. The Morgan fingerprint density at radius 1 is 1.00 bits per heavy atom. The maximum absolute atomic E-state index is 12.7. The molecular weight excluding hydrogens is 396 g/mol. The summed E-state index contributed by atoms with van der Waals surface area (Å²) in [7, 11) is 0. The van der Waals surface area contributed by atoms with E-state index in [1.54, 1.807) is 0 Å². The fraction of sp³-hybridized carbons (Fsp3) is 0.286. The minimum atomic E-state index is -1.32. The van der Waals surface area contributed by atoms with Crippen molar-refractivity contribution in [3.63, 3.8) is 0 Å². The summed E-state index contributed by atoms with van der Waals surface area (Å²) in [4.78, 5) is 12.7. The lowest BCUT2D eigenvalue weighted by molar-refractivity contribution is -0.181. The molecule has 0 spiro atoms. The summed E-state index contributed by atoms with van der Waals surface area (Å²) in [6.07, 6.45) is -4.86. The standard InChI is InChI=1S/C21H20O9/c22-8-17-20(28)14(27)7-16(29-17)19-12(25)5-11(24)18-13(26)6-15(30-21(18)19)9-1-3-10(23)4-2-9/h1-6,14,16-17,20,22-25,27-28H,7-8H2/t14-,16?,17-,20+/m1/s1. The van der Waals surface area contributed by atoms with E-state index in [2.05, 4.69) is 0 Å². The van der Waals surface area contributed by atoms with Gasteiger partial charge in [-0.05, 0) is 24.3 Å². The monoisotopic (exact) mass is 416 g/mol. The smallest absolute Gasteiger partial charge is 0.197 e. The van der Waals surface area contributed by atoms with Gasteiger partial charge in [-0.2, -0.15) is 0 Å². The molecule has 4 rings (SSSR count). The van der Waals surface area contributed by atoms with E-state index in [1.807, 2.05) is 0 Å². The molecular formula is C21H20O9. The van der Waals surface area contributed by atoms with Gasteiger partial charge in [0.25, 0.3) is 0 Å². The Labute approximate surface area is 169 Å². The van der Waals surface area contributed by atoms with Crippen LogP contribution in [0.3, 0.4) is 0 Å². The molecule has 2 heterocycles. The predicted molar refractivity (Wildman–Crippen MR) is 104 cm³/mol. The summed E-state index contributed by atoms with van der Waals surface area (Å²) in [6.45, 7) is -0.575. The van der Waals surface area contributed by atoms with Crippen molar-refractivity contribution >= 4 is 11.0 Å². The van der Waals surface area contributed by atoms with E-state index >= 15 is 0 Å². The second kappa shape index (κ2) is 7.62. The molecule has 0 radical (unpaired) electrons. The van der Waals surface area contributed by atoms with Crippen molar-refractivity contribution in [3.05, 3.63) is 52.2 Å². The third-order valence-electron chi connectivity index (χ3n) is 5.22. The summed E-state index contributed by atoms with van der Waals surface area (Å²) >= 11 is 0. The number of aromatic hydroxyl groups is 3. The molecule has 4 atom stereocenters. The Balaban J connectivity index is 1.93. The topological polar surface area (TPSA) is 161 Å². The minimum absolute atomic E-state index is 0.00456. The highest BCUT2D eigenvalue weighted by Gasteiger charge is 2.39. The Hall–Kier alpha value is -3.11. The minimum Gasteiger partial charge on any atom is -0.508 e. The quantitative estimate of drug-likeness (QED) is 0.367. The molecule has 3 aromatic rings. The summed E-state index contributed by atoms with van der Waals surface area (Å²) in [6, 6.07) is 8.03. The van der Waals surface area contributed by atoms with Gasteiger partial charge in [0.15, 0.2) is 11.0 Å². The highest BCUT2D eigenvalue weighted by atomic mass is 16.5. The molecule has 0 amide bonds. The van der Waals surface area contributed by atoms with Gasteiger partial charge in [-0.15, -0.1) is 0 Å². The Kier molecular flexibility index (Phi) is 5.12. The van der Waals surface area contributed by atoms with Crippen LogP contribution in [0.5, 0.6) is 17.2 Å². The lowest BCUT2D eigenvalue weighted by Crippen LogP contribution is -2.47. The molecule has 1 unspecified atom stereocenters. The van der Waals surface area contributed by atoms with E-state index in [-0.39, 0.29) is 34.5 Å². The number of rotatable bonds is 3. The van der Waals surface area contributed by atoms with Gasteiger partial charge < -0.3 is 39.8 Å². The number of benzene rings is 2. The summed E-state index contributed by atoms with van der Waals surface area (Å²) < 4.78 is 11.5. The number of ether oxygens (including phenoxy) is 1. The van der Waals surface area contributed by atoms with E-state index in [0.717, 1.165) is 6.07 Å². The molecule has 0 aliphatic carbocycles. The molecule has 1 aliphatic rings. The van der Waals surface area contributed by atoms with Crippen molar-refractivity contribution in [3.8, 4) is 28.6 Å². The van der Waals surface area contributed by atoms with E-state index in [9.17, 15) is 35.4 Å². The third kappa shape index (κ3) is 3.37. The SMILES string of the molecule is O=c1cc(-c2ccc(O)cc2)oc2c(C3C[C@@H](O)[C@H](O)[C@@H](CO)O3)c(O)cc(O)c12. The first-order valence-corrected chi connectivity index (χ1v) is 9.24. The van der Waals surface area contributed by atoms with Crippen LogP contribution in [0.4, 0.5) is 0 Å². The maximum Gasteiger partial charge on any atom is 0.197 e. The highest BCUT2D eigenvalue weighted by Crippen LogP contribution is 2.43. The Morgan fingerprint density at radius 3 is 2.37 bits per heavy atom. The first-order valence-electron chi connectivity index (χ1n) is 9.24. The Morgan fingerprint density at radius 2 is 1.70 bits per heavy atom. The van der Waals surface area contributed by atoms with Gasteiger partial charge >= 0.3 is 0 Å². The third-order valence-corrected chi connectivity index (χ3v) is 5.22. The molecule has 1 saturated heterocycles. The van der Waals surface area contributed by atoms with Crippen LogP contribution in [0.1, 0.15) is 18.1 Å². The van der Waals surface area contributed by atoms with Gasteiger partial charge in [0, 0.05) is 24.1 Å². The number of phenols is 3. The number of aliphatic hydroxyl groups excluding tert-OH is 3. The average molecular weight is 416 g/mol. The van der Waals surface area contributed by atoms with Crippen LogP contribution in [-0.2, 0) is 4.74 Å². The van der Waals surface area contributed by atoms with Crippen LogP contribution in [0.15, 0.2) is 45.6 Å². The second-order valence-corrected chi connectivity index (χ2v) is 7.19. The lowest BCUT2D eigenvalue weighted by Gasteiger charge is -2.36. The molecule has 1 aromatic heterocycles. The molecule has 0 saturated carbocycles. The van der Waals surface area contributed by atoms with E-state index in [0.29, 0.717) is 5.56 Å². The van der Waals surface area contributed by atoms with Gasteiger partial charge in [0.05, 0.1) is 24.4 Å². The van der Waals surface area contributed by atoms with Gasteiger partial charge in [-0.25, -0.2) is 0 Å². The summed E-state index contributed by atoms with van der Waals surface area (Å²) in [5.74, 6) is -0.784. The molecule has 9 nitrogen and oxygen atoms in total. The van der Waals surface area contributed by atoms with Crippen LogP contribution in [0.2, 0.25) is 0 Å². The van der Waals surface area contributed by atoms with Crippen LogP contribution in [-0.4, -0.2) is 55.6 Å². The lowest BCUT2D eigenvalue weighted by atomic mass is 9.92. The first-order chi connectivity index (χ1) is 14.3. The fourth-order valence-corrected chi connectivity index (χ4v) is 3.69. The number of hydrogen-bond donors (Lipinski definition) is 6. The van der Waals surface area contributed by atoms with Crippen molar-refractivity contribution < 1.29 is 39.8 Å². The maximum atomic E-state index is 12.7. The normalized spacial score (nSPS) is 24.2. The molecule has 1 fully saturated rings. The van der Waals surface area contributed by atoms with Crippen molar-refractivity contribution in [1.29, 1.82) is 0 Å². The molecule has 0 bridgehead atoms. The largest absolute Gasteiger partial charge is 0.508 e. The van der Waals surface area contributed by atoms with Gasteiger partial charge in [0.2, 0.25) is 0 Å². The molecule has 158 valence electrons. The molecule has 2 aromatic carbocycles. The van der Waals surface area contributed by atoms with Crippen molar-refractivity contribution in [1.82, 2.24) is 0 Å². The number of aliphatic hydroxyl groups is 3. The van der Waals surface area contributed by atoms with Crippen molar-refractivity contribution in [2.24, 2.45) is 0 Å². The van der Waals surface area contributed by atoms with E-state index in [1.165, 1.54) is 30.3 Å². The zero-order chi connectivity index (χ0) is 21.6.